The molecule has 0 aliphatic rings. The van der Waals surface area contributed by atoms with Crippen molar-refractivity contribution in [2.24, 2.45) is 11.7 Å². The number of nitrogens with two attached hydrogens (primary N) is 1. The minimum atomic E-state index is -1.18. The SMILES string of the molecule is N#CC(C(N)=O)C(=S)Nc1cc(Cl)cc(Cl)c1. The minimum absolute atomic E-state index is 0.0123. The predicted octanol–water partition coefficient (Wildman–Crippen LogP) is 2.36. The van der Waals surface area contributed by atoms with Crippen LogP contribution < -0.4 is 11.1 Å². The number of nitrogens with zero attached hydrogens (tertiary/aromatic N) is 1. The van der Waals surface area contributed by atoms with Crippen molar-refractivity contribution >= 4 is 52.0 Å². The molecule has 0 saturated heterocycles. The van der Waals surface area contributed by atoms with Crippen LogP contribution in [0.15, 0.2) is 18.2 Å². The van der Waals surface area contributed by atoms with Crippen molar-refractivity contribution < 1.29 is 4.79 Å². The molecule has 1 atom stereocenters. The monoisotopic (exact) mass is 287 g/mol. The van der Waals surface area contributed by atoms with E-state index in [1.54, 1.807) is 24.3 Å². The van der Waals surface area contributed by atoms with Crippen molar-refractivity contribution in [2.45, 2.75) is 0 Å². The Labute approximate surface area is 113 Å². The fourth-order valence-electron chi connectivity index (χ4n) is 1.09. The second-order valence-corrected chi connectivity index (χ2v) is 4.42. The van der Waals surface area contributed by atoms with Crippen LogP contribution in [0.3, 0.4) is 0 Å². The second kappa shape index (κ2) is 5.82. The van der Waals surface area contributed by atoms with E-state index in [4.69, 9.17) is 46.4 Å². The molecule has 4 nitrogen and oxygen atoms in total. The van der Waals surface area contributed by atoms with E-state index in [-0.39, 0.29) is 4.99 Å². The fraction of sp³-hybridized carbons (Fsp3) is 0.100. The zero-order valence-electron chi connectivity index (χ0n) is 8.41. The molecule has 0 bridgehead atoms. The molecule has 0 aromatic heterocycles. The number of carbonyl (C=O) groups excluding carboxylic acids is 1. The van der Waals surface area contributed by atoms with Gasteiger partial charge in [0.05, 0.1) is 6.07 Å². The predicted molar refractivity (Wildman–Crippen MR) is 71.0 cm³/mol. The number of anilines is 1. The van der Waals surface area contributed by atoms with Gasteiger partial charge in [0.25, 0.3) is 0 Å². The van der Waals surface area contributed by atoms with Gasteiger partial charge in [-0.2, -0.15) is 5.26 Å². The number of halogens is 2. The van der Waals surface area contributed by atoms with Crippen LogP contribution in [0, 0.1) is 17.2 Å². The lowest BCUT2D eigenvalue weighted by Crippen LogP contribution is -2.32. The topological polar surface area (TPSA) is 78.9 Å². The highest BCUT2D eigenvalue weighted by molar-refractivity contribution is 7.80. The second-order valence-electron chi connectivity index (χ2n) is 3.11. The molecule has 0 saturated carbocycles. The van der Waals surface area contributed by atoms with Crippen LogP contribution in [-0.4, -0.2) is 10.9 Å². The van der Waals surface area contributed by atoms with Crippen molar-refractivity contribution in [1.29, 1.82) is 5.26 Å². The molecule has 0 heterocycles. The van der Waals surface area contributed by atoms with Crippen molar-refractivity contribution in [3.05, 3.63) is 28.2 Å². The summed E-state index contributed by atoms with van der Waals surface area (Å²) in [5, 5.41) is 12.2. The molecule has 0 radical (unpaired) electrons. The summed E-state index contributed by atoms with van der Waals surface area (Å²) >= 11 is 16.5. The zero-order chi connectivity index (χ0) is 13.0. The molecule has 88 valence electrons. The van der Waals surface area contributed by atoms with E-state index in [0.29, 0.717) is 15.7 Å². The highest BCUT2D eigenvalue weighted by Gasteiger charge is 2.20. The smallest absolute Gasteiger partial charge is 0.241 e. The largest absolute Gasteiger partial charge is 0.368 e. The number of thiocarbonyl (C=S) groups is 1. The number of benzene rings is 1. The molecule has 1 aromatic rings. The lowest BCUT2D eigenvalue weighted by molar-refractivity contribution is -0.118. The van der Waals surface area contributed by atoms with E-state index in [9.17, 15) is 4.79 Å². The van der Waals surface area contributed by atoms with E-state index in [0.717, 1.165) is 0 Å². The quantitative estimate of drug-likeness (QED) is 0.837. The Morgan fingerprint density at radius 3 is 2.35 bits per heavy atom. The van der Waals surface area contributed by atoms with Crippen LogP contribution in [0.4, 0.5) is 5.69 Å². The Hall–Kier alpha value is -1.35. The Balaban J connectivity index is 2.88. The summed E-state index contributed by atoms with van der Waals surface area (Å²) in [7, 11) is 0. The summed E-state index contributed by atoms with van der Waals surface area (Å²) in [6.45, 7) is 0. The number of amides is 1. The summed E-state index contributed by atoms with van der Waals surface area (Å²) in [6.07, 6.45) is 0. The number of hydrogen-bond acceptors (Lipinski definition) is 3. The van der Waals surface area contributed by atoms with Crippen molar-refractivity contribution in [2.75, 3.05) is 5.32 Å². The number of carbonyl (C=O) groups is 1. The van der Waals surface area contributed by atoms with Gasteiger partial charge in [0.2, 0.25) is 5.91 Å². The number of hydrogen-bond donors (Lipinski definition) is 2. The fourth-order valence-corrected chi connectivity index (χ4v) is 1.90. The van der Waals surface area contributed by atoms with Crippen LogP contribution in [-0.2, 0) is 4.79 Å². The van der Waals surface area contributed by atoms with Gasteiger partial charge in [-0.05, 0) is 18.2 Å². The van der Waals surface area contributed by atoms with Gasteiger partial charge in [0.15, 0.2) is 5.92 Å². The van der Waals surface area contributed by atoms with Gasteiger partial charge in [-0.25, -0.2) is 0 Å². The van der Waals surface area contributed by atoms with Gasteiger partial charge in [0.1, 0.15) is 4.99 Å². The summed E-state index contributed by atoms with van der Waals surface area (Å²) in [5.74, 6) is -1.99. The number of primary amides is 1. The van der Waals surface area contributed by atoms with Gasteiger partial charge in [-0.3, -0.25) is 4.79 Å². The normalized spacial score (nSPS) is 11.4. The molecule has 0 aliphatic heterocycles. The van der Waals surface area contributed by atoms with E-state index in [1.807, 2.05) is 0 Å². The molecule has 0 aliphatic carbocycles. The Kier molecular flexibility index (Phi) is 4.70. The van der Waals surface area contributed by atoms with Gasteiger partial charge in [-0.1, -0.05) is 35.4 Å². The third-order valence-electron chi connectivity index (χ3n) is 1.81. The highest BCUT2D eigenvalue weighted by atomic mass is 35.5. The minimum Gasteiger partial charge on any atom is -0.368 e. The first-order valence-electron chi connectivity index (χ1n) is 4.40. The highest BCUT2D eigenvalue weighted by Crippen LogP contribution is 2.23. The molecule has 1 aromatic carbocycles. The maximum absolute atomic E-state index is 10.9. The van der Waals surface area contributed by atoms with Crippen LogP contribution in [0.5, 0.6) is 0 Å². The molecule has 0 fully saturated rings. The molecule has 17 heavy (non-hydrogen) atoms. The number of nitriles is 1. The third-order valence-corrected chi connectivity index (χ3v) is 2.58. The van der Waals surface area contributed by atoms with E-state index < -0.39 is 11.8 Å². The Morgan fingerprint density at radius 2 is 1.94 bits per heavy atom. The van der Waals surface area contributed by atoms with Gasteiger partial charge >= 0.3 is 0 Å². The Bertz CT molecular complexity index is 493. The number of nitrogens with one attached hydrogen (secondary N) is 1. The number of rotatable bonds is 3. The van der Waals surface area contributed by atoms with E-state index in [1.165, 1.54) is 0 Å². The summed E-state index contributed by atoms with van der Waals surface area (Å²) < 4.78 is 0. The Morgan fingerprint density at radius 1 is 1.41 bits per heavy atom. The average Bonchev–Trinajstić information content (AvgIpc) is 2.15. The summed E-state index contributed by atoms with van der Waals surface area (Å²) in [4.78, 5) is 10.9. The molecule has 3 N–H and O–H groups in total. The first kappa shape index (κ1) is 13.7. The molecule has 0 spiro atoms. The van der Waals surface area contributed by atoms with E-state index in [2.05, 4.69) is 5.32 Å². The summed E-state index contributed by atoms with van der Waals surface area (Å²) in [5.41, 5.74) is 5.51. The molecule has 1 unspecified atom stereocenters. The molecule has 1 rings (SSSR count). The third kappa shape index (κ3) is 3.86. The molecule has 1 amide bonds. The average molecular weight is 288 g/mol. The van der Waals surface area contributed by atoms with E-state index >= 15 is 0 Å². The first-order valence-corrected chi connectivity index (χ1v) is 5.56. The van der Waals surface area contributed by atoms with Crippen molar-refractivity contribution in [3.8, 4) is 6.07 Å². The zero-order valence-corrected chi connectivity index (χ0v) is 10.7. The maximum atomic E-state index is 10.9. The first-order chi connectivity index (χ1) is 7.93. The lowest BCUT2D eigenvalue weighted by Gasteiger charge is -2.10. The van der Waals surface area contributed by atoms with Gasteiger partial charge < -0.3 is 11.1 Å². The molecular formula is C10H7Cl2N3OS. The van der Waals surface area contributed by atoms with Crippen LogP contribution >= 0.6 is 35.4 Å². The van der Waals surface area contributed by atoms with Crippen LogP contribution in [0.1, 0.15) is 0 Å². The van der Waals surface area contributed by atoms with Crippen LogP contribution in [0.2, 0.25) is 10.0 Å². The lowest BCUT2D eigenvalue weighted by atomic mass is 10.1. The van der Waals surface area contributed by atoms with Crippen molar-refractivity contribution in [3.63, 3.8) is 0 Å². The van der Waals surface area contributed by atoms with Crippen LogP contribution in [0.25, 0.3) is 0 Å². The standard InChI is InChI=1S/C10H7Cl2N3OS/c11-5-1-6(12)3-7(2-5)15-10(17)8(4-13)9(14)16/h1-3,8H,(H2,14,16)(H,15,17). The summed E-state index contributed by atoms with van der Waals surface area (Å²) in [6, 6.07) is 6.38. The molecular weight excluding hydrogens is 281 g/mol. The van der Waals surface area contributed by atoms with Gasteiger partial charge in [-0.15, -0.1) is 0 Å². The van der Waals surface area contributed by atoms with Crippen molar-refractivity contribution in [1.82, 2.24) is 0 Å². The maximum Gasteiger partial charge on any atom is 0.241 e. The molecule has 7 heteroatoms. The van der Waals surface area contributed by atoms with Gasteiger partial charge in [0, 0.05) is 15.7 Å².